The zero-order chi connectivity index (χ0) is 7.56. The van der Waals surface area contributed by atoms with Crippen molar-refractivity contribution >= 4 is 12.3 Å². The van der Waals surface area contributed by atoms with Gasteiger partial charge in [-0.2, -0.15) is 0 Å². The molecule has 0 amide bonds. The van der Waals surface area contributed by atoms with E-state index in [4.69, 9.17) is 0 Å². The molecule has 1 rings (SSSR count). The summed E-state index contributed by atoms with van der Waals surface area (Å²) < 4.78 is 4.63. The molecule has 0 unspecified atom stereocenters. The molecule has 0 aromatic carbocycles. The van der Waals surface area contributed by atoms with Gasteiger partial charge in [0.1, 0.15) is 6.29 Å². The Morgan fingerprint density at radius 1 is 1.70 bits per heavy atom. The van der Waals surface area contributed by atoms with E-state index >= 15 is 0 Å². The first-order chi connectivity index (χ1) is 4.75. The fourth-order valence-electron chi connectivity index (χ4n) is 0.864. The second kappa shape index (κ2) is 2.64. The van der Waals surface area contributed by atoms with E-state index in [0.717, 1.165) is 0 Å². The smallest absolute Gasteiger partial charge is 0.334 e. The summed E-state index contributed by atoms with van der Waals surface area (Å²) in [5.74, 6) is -0.343. The third kappa shape index (κ3) is 1.07. The van der Waals surface area contributed by atoms with Crippen LogP contribution in [-0.2, 0) is 14.3 Å². The van der Waals surface area contributed by atoms with Gasteiger partial charge in [0, 0.05) is 12.0 Å². The Kier molecular flexibility index (Phi) is 1.85. The van der Waals surface area contributed by atoms with Crippen molar-refractivity contribution in [3.8, 4) is 0 Å². The lowest BCUT2D eigenvalue weighted by atomic mass is 10.1. The second-order valence-electron chi connectivity index (χ2n) is 2.17. The number of rotatable bonds is 1. The van der Waals surface area contributed by atoms with E-state index in [9.17, 15) is 9.59 Å². The van der Waals surface area contributed by atoms with Crippen molar-refractivity contribution in [3.63, 3.8) is 0 Å². The third-order valence-electron chi connectivity index (χ3n) is 1.48. The minimum atomic E-state index is -0.343. The van der Waals surface area contributed by atoms with Gasteiger partial charge < -0.3 is 4.74 Å². The van der Waals surface area contributed by atoms with E-state index in [2.05, 4.69) is 4.74 Å². The molecule has 3 heteroatoms. The lowest BCUT2D eigenvalue weighted by Crippen LogP contribution is -1.98. The molecule has 0 N–H and O–H groups in total. The largest absolute Gasteiger partial charge is 0.462 e. The van der Waals surface area contributed by atoms with E-state index in [0.29, 0.717) is 30.5 Å². The molecule has 1 fully saturated rings. The number of esters is 1. The lowest BCUT2D eigenvalue weighted by Gasteiger charge is -1.91. The molecule has 1 aliphatic rings. The Balaban J connectivity index is 2.89. The van der Waals surface area contributed by atoms with E-state index < -0.39 is 0 Å². The molecule has 0 aromatic rings. The van der Waals surface area contributed by atoms with E-state index in [1.807, 2.05) is 0 Å². The van der Waals surface area contributed by atoms with Gasteiger partial charge in [-0.1, -0.05) is 0 Å². The molecule has 0 aliphatic carbocycles. The molecule has 1 aliphatic heterocycles. The normalized spacial score (nSPS) is 22.3. The third-order valence-corrected chi connectivity index (χ3v) is 1.48. The van der Waals surface area contributed by atoms with E-state index in [1.54, 1.807) is 6.92 Å². The van der Waals surface area contributed by atoms with Crippen molar-refractivity contribution in [2.45, 2.75) is 13.3 Å². The highest BCUT2D eigenvalue weighted by Crippen LogP contribution is 2.15. The maximum Gasteiger partial charge on any atom is 0.334 e. The van der Waals surface area contributed by atoms with Gasteiger partial charge in [0.05, 0.1) is 6.61 Å². The number of carbonyl (C=O) groups excluding carboxylic acids is 2. The van der Waals surface area contributed by atoms with Crippen LogP contribution < -0.4 is 0 Å². The second-order valence-corrected chi connectivity index (χ2v) is 2.17. The quantitative estimate of drug-likeness (QED) is 0.301. The van der Waals surface area contributed by atoms with Gasteiger partial charge in [0.25, 0.3) is 0 Å². The Morgan fingerprint density at radius 3 is 2.80 bits per heavy atom. The first-order valence-electron chi connectivity index (χ1n) is 3.07. The molecule has 0 radical (unpaired) electrons. The van der Waals surface area contributed by atoms with Crippen LogP contribution in [-0.4, -0.2) is 18.9 Å². The summed E-state index contributed by atoms with van der Waals surface area (Å²) >= 11 is 0. The van der Waals surface area contributed by atoms with Crippen LogP contribution in [0.1, 0.15) is 13.3 Å². The van der Waals surface area contributed by atoms with Crippen molar-refractivity contribution in [2.75, 3.05) is 6.61 Å². The van der Waals surface area contributed by atoms with E-state index in [-0.39, 0.29) is 5.97 Å². The number of aldehydes is 1. The van der Waals surface area contributed by atoms with Crippen LogP contribution >= 0.6 is 0 Å². The summed E-state index contributed by atoms with van der Waals surface area (Å²) in [7, 11) is 0. The van der Waals surface area contributed by atoms with E-state index in [1.165, 1.54) is 0 Å². The molecule has 0 aromatic heterocycles. The molecule has 0 bridgehead atoms. The molecule has 54 valence electrons. The lowest BCUT2D eigenvalue weighted by molar-refractivity contribution is -0.135. The first kappa shape index (κ1) is 6.99. The molecular formula is C7H8O3. The zero-order valence-electron chi connectivity index (χ0n) is 5.72. The molecule has 1 heterocycles. The highest BCUT2D eigenvalue weighted by Gasteiger charge is 2.20. The van der Waals surface area contributed by atoms with Crippen LogP contribution in [0.3, 0.4) is 0 Å². The topological polar surface area (TPSA) is 43.4 Å². The van der Waals surface area contributed by atoms with Crippen LogP contribution in [0.15, 0.2) is 11.1 Å². The summed E-state index contributed by atoms with van der Waals surface area (Å²) in [5, 5.41) is 0. The fourth-order valence-corrected chi connectivity index (χ4v) is 0.864. The summed E-state index contributed by atoms with van der Waals surface area (Å²) in [6, 6.07) is 0. The predicted molar refractivity (Wildman–Crippen MR) is 34.3 cm³/mol. The minimum absolute atomic E-state index is 0.343. The number of cyclic esters (lactones) is 1. The molecule has 10 heavy (non-hydrogen) atoms. The highest BCUT2D eigenvalue weighted by molar-refractivity contribution is 5.96. The molecule has 0 spiro atoms. The molecule has 0 saturated carbocycles. The Morgan fingerprint density at radius 2 is 2.40 bits per heavy atom. The predicted octanol–water partition coefficient (Wildman–Crippen LogP) is 0.449. The van der Waals surface area contributed by atoms with Gasteiger partial charge in [-0.05, 0) is 12.5 Å². The van der Waals surface area contributed by atoms with Gasteiger partial charge >= 0.3 is 5.97 Å². The molecule has 0 atom stereocenters. The van der Waals surface area contributed by atoms with Crippen LogP contribution in [0, 0.1) is 0 Å². The maximum absolute atomic E-state index is 10.7. The fraction of sp³-hybridized carbons (Fsp3) is 0.429. The summed E-state index contributed by atoms with van der Waals surface area (Å²) in [4.78, 5) is 20.9. The standard InChI is InChI=1S/C7H8O3/c1-5(4-8)6-2-3-10-7(6)9/h4H,2-3H2,1H3/b6-5-. The number of hydrogen-bond donors (Lipinski definition) is 0. The van der Waals surface area contributed by atoms with Crippen molar-refractivity contribution in [1.29, 1.82) is 0 Å². The monoisotopic (exact) mass is 140 g/mol. The minimum Gasteiger partial charge on any atom is -0.462 e. The summed E-state index contributed by atoms with van der Waals surface area (Å²) in [6.45, 7) is 2.04. The van der Waals surface area contributed by atoms with Crippen LogP contribution in [0.4, 0.5) is 0 Å². The molecular weight excluding hydrogens is 132 g/mol. The Hall–Kier alpha value is -1.12. The maximum atomic E-state index is 10.7. The summed E-state index contributed by atoms with van der Waals surface area (Å²) in [5.41, 5.74) is 1.01. The Labute approximate surface area is 58.7 Å². The average Bonchev–Trinajstić information content (AvgIpc) is 2.34. The van der Waals surface area contributed by atoms with Gasteiger partial charge in [-0.15, -0.1) is 0 Å². The first-order valence-corrected chi connectivity index (χ1v) is 3.07. The van der Waals surface area contributed by atoms with Crippen molar-refractivity contribution < 1.29 is 14.3 Å². The van der Waals surface area contributed by atoms with Crippen LogP contribution in [0.2, 0.25) is 0 Å². The van der Waals surface area contributed by atoms with Gasteiger partial charge in [0.15, 0.2) is 0 Å². The van der Waals surface area contributed by atoms with Crippen molar-refractivity contribution in [1.82, 2.24) is 0 Å². The highest BCUT2D eigenvalue weighted by atomic mass is 16.5. The average molecular weight is 140 g/mol. The van der Waals surface area contributed by atoms with Gasteiger partial charge in [0.2, 0.25) is 0 Å². The number of carbonyl (C=O) groups is 2. The van der Waals surface area contributed by atoms with Crippen LogP contribution in [0.25, 0.3) is 0 Å². The van der Waals surface area contributed by atoms with Crippen molar-refractivity contribution in [2.24, 2.45) is 0 Å². The summed E-state index contributed by atoms with van der Waals surface area (Å²) in [6.07, 6.45) is 1.26. The Bertz CT molecular complexity index is 203. The number of ether oxygens (including phenoxy) is 1. The van der Waals surface area contributed by atoms with Gasteiger partial charge in [-0.3, -0.25) is 4.79 Å². The molecule has 1 saturated heterocycles. The number of hydrogen-bond acceptors (Lipinski definition) is 3. The van der Waals surface area contributed by atoms with Gasteiger partial charge in [-0.25, -0.2) is 4.79 Å². The van der Waals surface area contributed by atoms with Crippen LogP contribution in [0.5, 0.6) is 0 Å². The SMILES string of the molecule is C/C(C=O)=C1\CCOC1=O. The molecule has 3 nitrogen and oxygen atoms in total. The van der Waals surface area contributed by atoms with Crippen molar-refractivity contribution in [3.05, 3.63) is 11.1 Å². The number of allylic oxidation sites excluding steroid dienone is 1. The zero-order valence-corrected chi connectivity index (χ0v) is 5.72.